The van der Waals surface area contributed by atoms with Crippen LogP contribution in [0.15, 0.2) is 53.4 Å². The summed E-state index contributed by atoms with van der Waals surface area (Å²) in [6.07, 6.45) is 0. The fourth-order valence-electron chi connectivity index (χ4n) is 3.16. The van der Waals surface area contributed by atoms with Crippen molar-refractivity contribution in [3.8, 4) is 5.75 Å². The Morgan fingerprint density at radius 3 is 2.29 bits per heavy atom. The van der Waals surface area contributed by atoms with E-state index in [9.17, 15) is 18.3 Å². The number of hydrogen-bond acceptors (Lipinski definition) is 4. The van der Waals surface area contributed by atoms with E-state index in [1.165, 1.54) is 17.0 Å². The molecule has 1 amide bonds. The number of nitrogens with zero attached hydrogens (tertiary/aromatic N) is 1. The molecule has 3 aromatic rings. The highest BCUT2D eigenvalue weighted by Crippen LogP contribution is 2.31. The minimum absolute atomic E-state index is 0.0387. The summed E-state index contributed by atoms with van der Waals surface area (Å²) in [5.41, 5.74) is 1.51. The van der Waals surface area contributed by atoms with Crippen LogP contribution in [0, 0.1) is 13.8 Å². The van der Waals surface area contributed by atoms with Crippen LogP contribution >= 0.6 is 0 Å². The van der Waals surface area contributed by atoms with E-state index in [4.69, 9.17) is 0 Å². The molecule has 0 aromatic heterocycles. The highest BCUT2D eigenvalue weighted by Gasteiger charge is 2.21. The van der Waals surface area contributed by atoms with Gasteiger partial charge in [0.05, 0.1) is 16.1 Å². The molecular formula is C21H22N2O4S. The molecule has 0 bridgehead atoms. The standard InChI is InChI=1S/C21H22N2O4S/c1-13-7-5-8-15-9-6-10-18(19(13)15)28(26,27)22-16-11-14(2)20(24)17(12-16)21(25)23(3)4/h5-12,22,24H,1-4H3. The molecule has 0 atom stereocenters. The minimum atomic E-state index is -3.91. The average molecular weight is 398 g/mol. The number of phenolic OH excluding ortho intramolecular Hbond substituents is 1. The van der Waals surface area contributed by atoms with Crippen molar-refractivity contribution in [2.24, 2.45) is 0 Å². The van der Waals surface area contributed by atoms with Crippen LogP contribution in [0.4, 0.5) is 5.69 Å². The number of carbonyl (C=O) groups is 1. The minimum Gasteiger partial charge on any atom is -0.507 e. The number of nitrogens with one attached hydrogen (secondary N) is 1. The molecule has 0 saturated heterocycles. The monoisotopic (exact) mass is 398 g/mol. The highest BCUT2D eigenvalue weighted by molar-refractivity contribution is 7.93. The molecule has 3 aromatic carbocycles. The summed E-state index contributed by atoms with van der Waals surface area (Å²) in [6, 6.07) is 13.6. The Morgan fingerprint density at radius 2 is 1.64 bits per heavy atom. The second kappa shape index (κ2) is 7.16. The molecule has 3 rings (SSSR count). The van der Waals surface area contributed by atoms with Crippen molar-refractivity contribution in [1.29, 1.82) is 0 Å². The van der Waals surface area contributed by atoms with Gasteiger partial charge in [-0.25, -0.2) is 8.42 Å². The first-order valence-corrected chi connectivity index (χ1v) is 10.2. The van der Waals surface area contributed by atoms with Crippen LogP contribution in [-0.2, 0) is 10.0 Å². The van der Waals surface area contributed by atoms with Crippen molar-refractivity contribution in [2.45, 2.75) is 18.7 Å². The van der Waals surface area contributed by atoms with Crippen LogP contribution in [0.1, 0.15) is 21.5 Å². The average Bonchev–Trinajstić information content (AvgIpc) is 2.63. The van der Waals surface area contributed by atoms with Gasteiger partial charge in [0.15, 0.2) is 0 Å². The Morgan fingerprint density at radius 1 is 1.00 bits per heavy atom. The third-order valence-corrected chi connectivity index (χ3v) is 5.98. The van der Waals surface area contributed by atoms with Gasteiger partial charge in [-0.15, -0.1) is 0 Å². The van der Waals surface area contributed by atoms with E-state index in [1.807, 2.05) is 31.2 Å². The third-order valence-electron chi connectivity index (χ3n) is 4.55. The lowest BCUT2D eigenvalue weighted by molar-refractivity contribution is 0.0824. The predicted molar refractivity (Wildman–Crippen MR) is 110 cm³/mol. The van der Waals surface area contributed by atoms with Crippen molar-refractivity contribution in [3.05, 3.63) is 65.2 Å². The van der Waals surface area contributed by atoms with Crippen molar-refractivity contribution >= 4 is 32.4 Å². The number of anilines is 1. The van der Waals surface area contributed by atoms with Gasteiger partial charge in [0.2, 0.25) is 0 Å². The number of hydrogen-bond donors (Lipinski definition) is 2. The number of amides is 1. The Balaban J connectivity index is 2.11. The van der Waals surface area contributed by atoms with Crippen LogP contribution < -0.4 is 4.72 Å². The first-order chi connectivity index (χ1) is 13.1. The number of sulfonamides is 1. The molecule has 0 fully saturated rings. The quantitative estimate of drug-likeness (QED) is 0.657. The van der Waals surface area contributed by atoms with Gasteiger partial charge in [-0.2, -0.15) is 0 Å². The van der Waals surface area contributed by atoms with Crippen LogP contribution in [-0.4, -0.2) is 38.4 Å². The highest BCUT2D eigenvalue weighted by atomic mass is 32.2. The second-order valence-electron chi connectivity index (χ2n) is 6.92. The normalized spacial score (nSPS) is 11.4. The Bertz CT molecular complexity index is 1180. The zero-order valence-electron chi connectivity index (χ0n) is 16.1. The molecule has 6 nitrogen and oxygen atoms in total. The van der Waals surface area contributed by atoms with Gasteiger partial charge in [-0.05, 0) is 48.6 Å². The molecule has 0 aliphatic rings. The summed E-state index contributed by atoms with van der Waals surface area (Å²) in [6.45, 7) is 3.47. The van der Waals surface area contributed by atoms with E-state index in [0.29, 0.717) is 10.9 Å². The molecule has 0 aliphatic carbocycles. The van der Waals surface area contributed by atoms with Gasteiger partial charge in [0, 0.05) is 19.5 Å². The second-order valence-corrected chi connectivity index (χ2v) is 8.57. The van der Waals surface area contributed by atoms with Crippen molar-refractivity contribution in [2.75, 3.05) is 18.8 Å². The zero-order chi connectivity index (χ0) is 20.6. The maximum absolute atomic E-state index is 13.1. The van der Waals surface area contributed by atoms with Gasteiger partial charge >= 0.3 is 0 Å². The number of rotatable bonds is 4. The van der Waals surface area contributed by atoms with Crippen LogP contribution in [0.25, 0.3) is 10.8 Å². The molecule has 7 heteroatoms. The molecule has 0 radical (unpaired) electrons. The van der Waals surface area contributed by atoms with Gasteiger partial charge in [0.1, 0.15) is 5.75 Å². The maximum Gasteiger partial charge on any atom is 0.262 e. The predicted octanol–water partition coefficient (Wildman–Crippen LogP) is 3.66. The first-order valence-electron chi connectivity index (χ1n) is 8.68. The molecule has 28 heavy (non-hydrogen) atoms. The summed E-state index contributed by atoms with van der Waals surface area (Å²) in [7, 11) is -0.787. The Kier molecular flexibility index (Phi) is 5.04. The molecule has 0 unspecified atom stereocenters. The summed E-state index contributed by atoms with van der Waals surface area (Å²) in [4.78, 5) is 13.8. The lowest BCUT2D eigenvalue weighted by atomic mass is 10.1. The fourth-order valence-corrected chi connectivity index (χ4v) is 4.51. The Hall–Kier alpha value is -3.06. The lowest BCUT2D eigenvalue weighted by Crippen LogP contribution is -2.22. The first kappa shape index (κ1) is 19.7. The van der Waals surface area contributed by atoms with E-state index >= 15 is 0 Å². The third kappa shape index (κ3) is 3.53. The lowest BCUT2D eigenvalue weighted by Gasteiger charge is -2.16. The van der Waals surface area contributed by atoms with Gasteiger partial charge in [-0.3, -0.25) is 9.52 Å². The van der Waals surface area contributed by atoms with E-state index in [1.54, 1.807) is 33.2 Å². The topological polar surface area (TPSA) is 86.7 Å². The van der Waals surface area contributed by atoms with Crippen molar-refractivity contribution in [3.63, 3.8) is 0 Å². The molecule has 2 N–H and O–H groups in total. The summed E-state index contributed by atoms with van der Waals surface area (Å²) >= 11 is 0. The van der Waals surface area contributed by atoms with Crippen LogP contribution in [0.2, 0.25) is 0 Å². The molecular weight excluding hydrogens is 376 g/mol. The van der Waals surface area contributed by atoms with Gasteiger partial charge in [0.25, 0.3) is 15.9 Å². The van der Waals surface area contributed by atoms with E-state index < -0.39 is 15.9 Å². The molecule has 0 saturated carbocycles. The van der Waals surface area contributed by atoms with Crippen molar-refractivity contribution < 1.29 is 18.3 Å². The number of benzene rings is 3. The molecule has 0 heterocycles. The number of aromatic hydroxyl groups is 1. The van der Waals surface area contributed by atoms with E-state index in [0.717, 1.165) is 10.9 Å². The molecule has 0 spiro atoms. The van der Waals surface area contributed by atoms with Crippen LogP contribution in [0.3, 0.4) is 0 Å². The zero-order valence-corrected chi connectivity index (χ0v) is 17.0. The summed E-state index contributed by atoms with van der Waals surface area (Å²) in [5, 5.41) is 11.7. The SMILES string of the molecule is Cc1cc(NS(=O)(=O)c2cccc3cccc(C)c23)cc(C(=O)N(C)C)c1O. The number of fused-ring (bicyclic) bond motifs is 1. The van der Waals surface area contributed by atoms with Crippen molar-refractivity contribution in [1.82, 2.24) is 4.90 Å². The fraction of sp³-hybridized carbons (Fsp3) is 0.190. The number of carbonyl (C=O) groups excluding carboxylic acids is 1. The number of aryl methyl sites for hydroxylation is 2. The number of phenols is 1. The van der Waals surface area contributed by atoms with E-state index in [2.05, 4.69) is 4.72 Å². The molecule has 146 valence electrons. The van der Waals surface area contributed by atoms with Gasteiger partial charge < -0.3 is 10.0 Å². The Labute approximate surface area is 164 Å². The summed E-state index contributed by atoms with van der Waals surface area (Å²) in [5.74, 6) is -0.578. The smallest absolute Gasteiger partial charge is 0.262 e. The largest absolute Gasteiger partial charge is 0.507 e. The van der Waals surface area contributed by atoms with E-state index in [-0.39, 0.29) is 21.9 Å². The van der Waals surface area contributed by atoms with Crippen LogP contribution in [0.5, 0.6) is 5.75 Å². The summed E-state index contributed by atoms with van der Waals surface area (Å²) < 4.78 is 28.8. The molecule has 0 aliphatic heterocycles. The van der Waals surface area contributed by atoms with Gasteiger partial charge in [-0.1, -0.05) is 30.3 Å². The maximum atomic E-state index is 13.1.